The molecule has 0 aliphatic heterocycles. The van der Waals surface area contributed by atoms with Crippen LogP contribution in [0.1, 0.15) is 32.3 Å². The molecule has 2 N–H and O–H groups in total. The van der Waals surface area contributed by atoms with E-state index < -0.39 is 0 Å². The highest BCUT2D eigenvalue weighted by Crippen LogP contribution is 2.15. The Morgan fingerprint density at radius 2 is 2.11 bits per heavy atom. The molecular weight excluding hydrogens is 230 g/mol. The van der Waals surface area contributed by atoms with Crippen molar-refractivity contribution in [3.05, 3.63) is 29.8 Å². The molecule has 0 amide bonds. The average molecular weight is 251 g/mol. The Hall–Kier alpha value is -1.55. The van der Waals surface area contributed by atoms with E-state index in [1.165, 1.54) is 0 Å². The summed E-state index contributed by atoms with van der Waals surface area (Å²) >= 11 is 0. The number of phenolic OH excluding ortho intramolecular Hbond substituents is 1. The molecule has 4 heteroatoms. The zero-order chi connectivity index (χ0) is 13.4. The van der Waals surface area contributed by atoms with Gasteiger partial charge in [0.2, 0.25) is 0 Å². The van der Waals surface area contributed by atoms with Gasteiger partial charge >= 0.3 is 5.97 Å². The molecule has 0 aliphatic rings. The quantitative estimate of drug-likeness (QED) is 0.729. The van der Waals surface area contributed by atoms with Crippen LogP contribution in [0.4, 0.5) is 0 Å². The molecule has 100 valence electrons. The van der Waals surface area contributed by atoms with Crippen molar-refractivity contribution < 1.29 is 14.6 Å². The molecule has 1 rings (SSSR count). The van der Waals surface area contributed by atoms with Gasteiger partial charge in [-0.05, 0) is 19.4 Å². The highest BCUT2D eigenvalue weighted by Gasteiger charge is 2.18. The first-order chi connectivity index (χ1) is 8.69. The van der Waals surface area contributed by atoms with Gasteiger partial charge in [0.05, 0.1) is 6.61 Å². The van der Waals surface area contributed by atoms with Crippen LogP contribution in [0.25, 0.3) is 0 Å². The van der Waals surface area contributed by atoms with Crippen LogP contribution in [0.5, 0.6) is 5.75 Å². The molecule has 1 aromatic rings. The number of carbonyl (C=O) groups is 1. The number of carbonyl (C=O) groups excluding carboxylic acids is 1. The summed E-state index contributed by atoms with van der Waals surface area (Å²) < 4.78 is 5.01. The van der Waals surface area contributed by atoms with Crippen LogP contribution < -0.4 is 5.32 Å². The molecule has 0 aromatic heterocycles. The third kappa shape index (κ3) is 4.37. The fourth-order valence-corrected chi connectivity index (χ4v) is 1.73. The summed E-state index contributed by atoms with van der Waals surface area (Å²) in [6.07, 6.45) is 1.63. The van der Waals surface area contributed by atoms with Crippen LogP contribution in [-0.2, 0) is 16.1 Å². The summed E-state index contributed by atoms with van der Waals surface area (Å²) in [5, 5.41) is 12.8. The lowest BCUT2D eigenvalue weighted by atomic mass is 10.1. The Labute approximate surface area is 108 Å². The monoisotopic (exact) mass is 251 g/mol. The van der Waals surface area contributed by atoms with Gasteiger partial charge in [-0.1, -0.05) is 31.5 Å². The van der Waals surface area contributed by atoms with E-state index in [4.69, 9.17) is 4.74 Å². The van der Waals surface area contributed by atoms with E-state index in [0.29, 0.717) is 13.2 Å². The Morgan fingerprint density at radius 1 is 1.39 bits per heavy atom. The van der Waals surface area contributed by atoms with Crippen LogP contribution >= 0.6 is 0 Å². The highest BCUT2D eigenvalue weighted by molar-refractivity contribution is 5.75. The average Bonchev–Trinajstić information content (AvgIpc) is 2.36. The first-order valence-corrected chi connectivity index (χ1v) is 6.35. The number of hydrogen-bond acceptors (Lipinski definition) is 4. The lowest BCUT2D eigenvalue weighted by molar-refractivity contribution is -0.145. The molecule has 0 fully saturated rings. The van der Waals surface area contributed by atoms with Crippen molar-refractivity contribution in [2.75, 3.05) is 6.61 Å². The maximum absolute atomic E-state index is 11.7. The fraction of sp³-hybridized carbons (Fsp3) is 0.500. The Balaban J connectivity index is 2.57. The molecule has 0 bridgehead atoms. The molecule has 4 nitrogen and oxygen atoms in total. The van der Waals surface area contributed by atoms with Crippen molar-refractivity contribution in [2.45, 2.75) is 39.3 Å². The largest absolute Gasteiger partial charge is 0.508 e. The second-order valence-electron chi connectivity index (χ2n) is 4.10. The minimum Gasteiger partial charge on any atom is -0.508 e. The molecule has 0 aliphatic carbocycles. The second kappa shape index (κ2) is 7.71. The third-order valence-electron chi connectivity index (χ3n) is 2.68. The van der Waals surface area contributed by atoms with Crippen LogP contribution in [-0.4, -0.2) is 23.7 Å². The van der Waals surface area contributed by atoms with Crippen molar-refractivity contribution in [3.8, 4) is 5.75 Å². The van der Waals surface area contributed by atoms with Gasteiger partial charge in [0, 0.05) is 12.1 Å². The van der Waals surface area contributed by atoms with Gasteiger partial charge in [0.1, 0.15) is 11.8 Å². The Morgan fingerprint density at radius 3 is 2.72 bits per heavy atom. The van der Waals surface area contributed by atoms with Gasteiger partial charge in [-0.2, -0.15) is 0 Å². The molecule has 0 radical (unpaired) electrons. The molecule has 18 heavy (non-hydrogen) atoms. The lowest BCUT2D eigenvalue weighted by Crippen LogP contribution is -2.37. The number of aromatic hydroxyl groups is 1. The number of hydrogen-bond donors (Lipinski definition) is 2. The minimum absolute atomic E-state index is 0.227. The zero-order valence-corrected chi connectivity index (χ0v) is 11.0. The van der Waals surface area contributed by atoms with Crippen molar-refractivity contribution in [2.24, 2.45) is 0 Å². The minimum atomic E-state index is -0.311. The van der Waals surface area contributed by atoms with E-state index in [1.54, 1.807) is 19.1 Å². The normalized spacial score (nSPS) is 12.1. The van der Waals surface area contributed by atoms with Gasteiger partial charge in [-0.3, -0.25) is 4.79 Å². The summed E-state index contributed by atoms with van der Waals surface area (Å²) in [6, 6.07) is 6.78. The van der Waals surface area contributed by atoms with Crippen molar-refractivity contribution in [1.82, 2.24) is 5.32 Å². The molecular formula is C14H21NO3. The molecule has 1 aromatic carbocycles. The van der Waals surface area contributed by atoms with Crippen LogP contribution in [0.3, 0.4) is 0 Å². The number of ether oxygens (including phenoxy) is 1. The molecule has 0 saturated carbocycles. The molecule has 0 heterocycles. The van der Waals surface area contributed by atoms with Crippen LogP contribution in [0.2, 0.25) is 0 Å². The number of rotatable bonds is 7. The van der Waals surface area contributed by atoms with Crippen molar-refractivity contribution >= 4 is 5.97 Å². The second-order valence-corrected chi connectivity index (χ2v) is 4.10. The highest BCUT2D eigenvalue weighted by atomic mass is 16.5. The number of para-hydroxylation sites is 1. The fourth-order valence-electron chi connectivity index (χ4n) is 1.73. The summed E-state index contributed by atoms with van der Waals surface area (Å²) in [4.78, 5) is 11.7. The SMILES string of the molecule is CCCC(NCc1ccccc1O)C(=O)OCC. The van der Waals surface area contributed by atoms with Gasteiger partial charge in [-0.15, -0.1) is 0 Å². The summed E-state index contributed by atoms with van der Waals surface area (Å²) in [6.45, 7) is 4.66. The summed E-state index contributed by atoms with van der Waals surface area (Å²) in [5.41, 5.74) is 0.780. The van der Waals surface area contributed by atoms with Crippen LogP contribution in [0, 0.1) is 0 Å². The van der Waals surface area contributed by atoms with Crippen molar-refractivity contribution in [3.63, 3.8) is 0 Å². The number of esters is 1. The predicted octanol–water partition coefficient (Wildman–Crippen LogP) is 2.21. The van der Waals surface area contributed by atoms with Crippen LogP contribution in [0.15, 0.2) is 24.3 Å². The summed E-state index contributed by atoms with van der Waals surface area (Å²) in [7, 11) is 0. The first-order valence-electron chi connectivity index (χ1n) is 6.35. The van der Waals surface area contributed by atoms with Gasteiger partial charge in [-0.25, -0.2) is 0 Å². The maximum Gasteiger partial charge on any atom is 0.323 e. The molecule has 0 spiro atoms. The van der Waals surface area contributed by atoms with Gasteiger partial charge in [0.25, 0.3) is 0 Å². The van der Waals surface area contributed by atoms with E-state index in [2.05, 4.69) is 5.32 Å². The first kappa shape index (κ1) is 14.5. The zero-order valence-electron chi connectivity index (χ0n) is 11.0. The van der Waals surface area contributed by atoms with E-state index in [0.717, 1.165) is 18.4 Å². The van der Waals surface area contributed by atoms with E-state index in [9.17, 15) is 9.90 Å². The lowest BCUT2D eigenvalue weighted by Gasteiger charge is -2.16. The standard InChI is InChI=1S/C14H21NO3/c1-3-7-12(14(17)18-4-2)15-10-11-8-5-6-9-13(11)16/h5-6,8-9,12,15-16H,3-4,7,10H2,1-2H3. The van der Waals surface area contributed by atoms with Gasteiger partial charge in [0.15, 0.2) is 0 Å². The van der Waals surface area contributed by atoms with E-state index >= 15 is 0 Å². The van der Waals surface area contributed by atoms with Gasteiger partial charge < -0.3 is 15.2 Å². The predicted molar refractivity (Wildman–Crippen MR) is 70.3 cm³/mol. The maximum atomic E-state index is 11.7. The van der Waals surface area contributed by atoms with E-state index in [-0.39, 0.29) is 17.8 Å². The Bertz CT molecular complexity index is 379. The van der Waals surface area contributed by atoms with Crippen molar-refractivity contribution in [1.29, 1.82) is 0 Å². The molecule has 1 atom stereocenters. The smallest absolute Gasteiger partial charge is 0.323 e. The Kier molecular flexibility index (Phi) is 6.22. The number of nitrogens with one attached hydrogen (secondary N) is 1. The number of phenols is 1. The number of benzene rings is 1. The molecule has 0 saturated heterocycles. The molecule has 1 unspecified atom stereocenters. The topological polar surface area (TPSA) is 58.6 Å². The third-order valence-corrected chi connectivity index (χ3v) is 2.68. The summed E-state index contributed by atoms with van der Waals surface area (Å²) in [5.74, 6) is 0.0129. The van der Waals surface area contributed by atoms with E-state index in [1.807, 2.05) is 19.1 Å².